The normalized spacial score (nSPS) is 10.7. The summed E-state index contributed by atoms with van der Waals surface area (Å²) in [6.45, 7) is 0.194. The molecule has 0 radical (unpaired) electrons. The minimum absolute atomic E-state index is 0.0634. The van der Waals surface area contributed by atoms with Gasteiger partial charge in [-0.2, -0.15) is 5.10 Å². The zero-order valence-electron chi connectivity index (χ0n) is 14.7. The Morgan fingerprint density at radius 3 is 2.43 bits per heavy atom. The van der Waals surface area contributed by atoms with Crippen molar-refractivity contribution >= 4 is 11.6 Å². The van der Waals surface area contributed by atoms with Crippen LogP contribution in [0.5, 0.6) is 0 Å². The first-order chi connectivity index (χ1) is 13.4. The zero-order chi connectivity index (χ0) is 20.1. The quantitative estimate of drug-likeness (QED) is 0.701. The van der Waals surface area contributed by atoms with Crippen LogP contribution in [0.4, 0.5) is 18.9 Å². The van der Waals surface area contributed by atoms with Crippen LogP contribution in [-0.2, 0) is 11.3 Å². The fourth-order valence-electron chi connectivity index (χ4n) is 2.57. The molecule has 1 aromatic heterocycles. The number of anilines is 1. The highest BCUT2D eigenvalue weighted by Crippen LogP contribution is 2.16. The van der Waals surface area contributed by atoms with E-state index in [0.717, 1.165) is 12.1 Å². The molecule has 1 amide bonds. The zero-order valence-corrected chi connectivity index (χ0v) is 14.7. The third kappa shape index (κ3) is 4.85. The lowest BCUT2D eigenvalue weighted by Crippen LogP contribution is -2.23. The second kappa shape index (κ2) is 8.51. The maximum Gasteiger partial charge on any atom is 0.266 e. The fraction of sp³-hybridized carbons (Fsp3) is 0.150. The molecule has 1 N–H and O–H groups in total. The molecule has 0 aliphatic heterocycles. The van der Waals surface area contributed by atoms with Crippen LogP contribution >= 0.6 is 0 Å². The molecule has 5 nitrogen and oxygen atoms in total. The largest absolute Gasteiger partial charge is 0.326 e. The minimum Gasteiger partial charge on any atom is -0.326 e. The van der Waals surface area contributed by atoms with Crippen molar-refractivity contribution in [2.75, 3.05) is 5.32 Å². The van der Waals surface area contributed by atoms with Gasteiger partial charge in [0.05, 0.1) is 5.69 Å². The number of hydrogen-bond acceptors (Lipinski definition) is 3. The number of halogens is 3. The van der Waals surface area contributed by atoms with Gasteiger partial charge in [-0.1, -0.05) is 0 Å². The predicted octanol–water partition coefficient (Wildman–Crippen LogP) is 3.75. The van der Waals surface area contributed by atoms with Crippen molar-refractivity contribution in [1.29, 1.82) is 0 Å². The molecule has 0 bridgehead atoms. The fourth-order valence-corrected chi connectivity index (χ4v) is 2.57. The van der Waals surface area contributed by atoms with Gasteiger partial charge in [0.25, 0.3) is 5.56 Å². The first-order valence-electron chi connectivity index (χ1n) is 8.51. The van der Waals surface area contributed by atoms with Crippen LogP contribution in [0.1, 0.15) is 12.8 Å². The molecule has 0 unspecified atom stereocenters. The monoisotopic (exact) mass is 387 g/mol. The van der Waals surface area contributed by atoms with E-state index >= 15 is 0 Å². The van der Waals surface area contributed by atoms with Gasteiger partial charge in [0.1, 0.15) is 5.82 Å². The van der Waals surface area contributed by atoms with E-state index in [2.05, 4.69) is 10.4 Å². The van der Waals surface area contributed by atoms with E-state index in [-0.39, 0.29) is 30.0 Å². The minimum atomic E-state index is -1.05. The van der Waals surface area contributed by atoms with Crippen molar-refractivity contribution in [2.45, 2.75) is 19.4 Å². The van der Waals surface area contributed by atoms with E-state index in [1.165, 1.54) is 28.9 Å². The van der Waals surface area contributed by atoms with Crippen molar-refractivity contribution in [3.05, 3.63) is 82.4 Å². The van der Waals surface area contributed by atoms with Crippen molar-refractivity contribution in [3.63, 3.8) is 0 Å². The number of nitrogens with zero attached hydrogens (tertiary/aromatic N) is 2. The van der Waals surface area contributed by atoms with Crippen molar-refractivity contribution in [1.82, 2.24) is 9.78 Å². The Morgan fingerprint density at radius 2 is 1.71 bits per heavy atom. The molecule has 0 saturated carbocycles. The third-order valence-electron chi connectivity index (χ3n) is 3.98. The molecule has 3 aromatic rings. The Hall–Kier alpha value is -3.42. The molecular weight excluding hydrogens is 371 g/mol. The van der Waals surface area contributed by atoms with Gasteiger partial charge in [-0.3, -0.25) is 9.59 Å². The molecule has 0 fully saturated rings. The summed E-state index contributed by atoms with van der Waals surface area (Å²) in [6, 6.07) is 11.7. The number of amides is 1. The molecule has 0 aliphatic carbocycles. The predicted molar refractivity (Wildman–Crippen MR) is 98.1 cm³/mol. The summed E-state index contributed by atoms with van der Waals surface area (Å²) in [5.41, 5.74) is 0.987. The van der Waals surface area contributed by atoms with Gasteiger partial charge in [0.15, 0.2) is 11.6 Å². The lowest BCUT2D eigenvalue weighted by molar-refractivity contribution is -0.116. The second-order valence-electron chi connectivity index (χ2n) is 6.07. The van der Waals surface area contributed by atoms with Crippen LogP contribution in [0.15, 0.2) is 59.4 Å². The summed E-state index contributed by atoms with van der Waals surface area (Å²) >= 11 is 0. The maximum absolute atomic E-state index is 13.2. The highest BCUT2D eigenvalue weighted by atomic mass is 19.2. The van der Waals surface area contributed by atoms with Crippen LogP contribution in [0.2, 0.25) is 0 Å². The summed E-state index contributed by atoms with van der Waals surface area (Å²) in [6.07, 6.45) is 0.378. The number of carbonyl (C=O) groups excluding carboxylic acids is 1. The van der Waals surface area contributed by atoms with Gasteiger partial charge in [-0.15, -0.1) is 0 Å². The van der Waals surface area contributed by atoms with Crippen LogP contribution in [-0.4, -0.2) is 15.7 Å². The third-order valence-corrected chi connectivity index (χ3v) is 3.98. The summed E-state index contributed by atoms with van der Waals surface area (Å²) in [5.74, 6) is -2.81. The number of carbonyl (C=O) groups is 1. The van der Waals surface area contributed by atoms with Gasteiger partial charge in [0.2, 0.25) is 5.91 Å². The summed E-state index contributed by atoms with van der Waals surface area (Å²) < 4.78 is 40.3. The Bertz CT molecular complexity index is 1050. The average Bonchev–Trinajstić information content (AvgIpc) is 2.67. The highest BCUT2D eigenvalue weighted by Gasteiger charge is 2.08. The van der Waals surface area contributed by atoms with Crippen LogP contribution in [0.3, 0.4) is 0 Å². The lowest BCUT2D eigenvalue weighted by Gasteiger charge is -2.08. The molecule has 28 heavy (non-hydrogen) atoms. The standard InChI is InChI=1S/C20H16F3N3O2/c21-14-5-3-13(4-6-14)18-9-10-20(28)26(25-18)11-1-2-19(27)24-15-7-8-16(22)17(23)12-15/h3-10,12H,1-2,11H2,(H,24,27). The number of nitrogens with one attached hydrogen (secondary N) is 1. The molecule has 1 heterocycles. The Balaban J connectivity index is 1.60. The highest BCUT2D eigenvalue weighted by molar-refractivity contribution is 5.90. The van der Waals surface area contributed by atoms with Gasteiger partial charge >= 0.3 is 0 Å². The number of benzene rings is 2. The van der Waals surface area contributed by atoms with Gasteiger partial charge in [-0.05, 0) is 48.9 Å². The number of aryl methyl sites for hydroxylation is 1. The molecule has 0 aliphatic rings. The average molecular weight is 387 g/mol. The van der Waals surface area contributed by atoms with Crippen molar-refractivity contribution in [2.24, 2.45) is 0 Å². The second-order valence-corrected chi connectivity index (χ2v) is 6.07. The van der Waals surface area contributed by atoms with E-state index in [0.29, 0.717) is 17.7 Å². The number of hydrogen-bond donors (Lipinski definition) is 1. The summed E-state index contributed by atoms with van der Waals surface area (Å²) in [5, 5.41) is 6.70. The SMILES string of the molecule is O=C(CCCn1nc(-c2ccc(F)cc2)ccc1=O)Nc1ccc(F)c(F)c1. The van der Waals surface area contributed by atoms with Crippen molar-refractivity contribution in [3.8, 4) is 11.3 Å². The summed E-state index contributed by atoms with van der Waals surface area (Å²) in [4.78, 5) is 23.9. The molecule has 3 rings (SSSR count). The van der Waals surface area contributed by atoms with E-state index in [4.69, 9.17) is 0 Å². The molecule has 0 atom stereocenters. The number of aromatic nitrogens is 2. The Morgan fingerprint density at radius 1 is 0.964 bits per heavy atom. The smallest absolute Gasteiger partial charge is 0.266 e. The topological polar surface area (TPSA) is 64.0 Å². The maximum atomic E-state index is 13.2. The number of rotatable bonds is 6. The molecule has 0 saturated heterocycles. The van der Waals surface area contributed by atoms with E-state index < -0.39 is 17.5 Å². The molecule has 0 spiro atoms. The van der Waals surface area contributed by atoms with Crippen molar-refractivity contribution < 1.29 is 18.0 Å². The first-order valence-corrected chi connectivity index (χ1v) is 8.51. The Kier molecular flexibility index (Phi) is 5.88. The van der Waals surface area contributed by atoms with Gasteiger partial charge < -0.3 is 5.32 Å². The van der Waals surface area contributed by atoms with Crippen LogP contribution in [0.25, 0.3) is 11.3 Å². The molecule has 2 aromatic carbocycles. The summed E-state index contributed by atoms with van der Waals surface area (Å²) in [7, 11) is 0. The van der Waals surface area contributed by atoms with E-state index in [9.17, 15) is 22.8 Å². The van der Waals surface area contributed by atoms with Crippen LogP contribution < -0.4 is 10.9 Å². The molecule has 8 heteroatoms. The molecular formula is C20H16F3N3O2. The lowest BCUT2D eigenvalue weighted by atomic mass is 10.1. The van der Waals surface area contributed by atoms with E-state index in [1.807, 2.05) is 0 Å². The van der Waals surface area contributed by atoms with Crippen LogP contribution in [0, 0.1) is 17.5 Å². The Labute approximate surface area is 158 Å². The van der Waals surface area contributed by atoms with Gasteiger partial charge in [0, 0.05) is 36.3 Å². The van der Waals surface area contributed by atoms with Gasteiger partial charge in [-0.25, -0.2) is 17.9 Å². The first kappa shape index (κ1) is 19.3. The van der Waals surface area contributed by atoms with E-state index in [1.54, 1.807) is 18.2 Å². The molecule has 144 valence electrons.